The molecular weight excluding hydrogens is 300 g/mol. The monoisotopic (exact) mass is 326 g/mol. The average molecular weight is 326 g/mol. The third-order valence-corrected chi connectivity index (χ3v) is 5.24. The maximum Gasteiger partial charge on any atom is 0.228 e. The van der Waals surface area contributed by atoms with Gasteiger partial charge >= 0.3 is 0 Å². The Balaban J connectivity index is 1.66. The molecule has 4 nitrogen and oxygen atoms in total. The van der Waals surface area contributed by atoms with Crippen LogP contribution in [0.1, 0.15) is 31.4 Å². The molecule has 0 saturated carbocycles. The van der Waals surface area contributed by atoms with Gasteiger partial charge in [-0.05, 0) is 36.0 Å². The Hall–Kier alpha value is -1.81. The van der Waals surface area contributed by atoms with Crippen molar-refractivity contribution in [2.45, 2.75) is 39.8 Å². The van der Waals surface area contributed by atoms with Gasteiger partial charge in [-0.25, -0.2) is 0 Å². The standard InChI is InChI=1S/C20H26N2O2/c1-14(2)10-22-12-16-6-8-21(20(23)17-7-9-24-13-17)11-15-4-3-5-18(22)19(15)16/h3-5,12,14,17H,6-11,13H2,1-2H3. The Morgan fingerprint density at radius 2 is 2.21 bits per heavy atom. The Morgan fingerprint density at radius 1 is 1.33 bits per heavy atom. The van der Waals surface area contributed by atoms with Gasteiger partial charge in [0.05, 0.1) is 12.5 Å². The van der Waals surface area contributed by atoms with Gasteiger partial charge in [-0.3, -0.25) is 4.79 Å². The van der Waals surface area contributed by atoms with Gasteiger partial charge in [0.25, 0.3) is 0 Å². The van der Waals surface area contributed by atoms with Gasteiger partial charge in [-0.15, -0.1) is 0 Å². The zero-order valence-electron chi connectivity index (χ0n) is 14.6. The van der Waals surface area contributed by atoms with E-state index in [4.69, 9.17) is 4.74 Å². The topological polar surface area (TPSA) is 34.5 Å². The Labute approximate surface area is 143 Å². The van der Waals surface area contributed by atoms with Crippen molar-refractivity contribution in [1.82, 2.24) is 9.47 Å². The fraction of sp³-hybridized carbons (Fsp3) is 0.550. The second kappa shape index (κ2) is 6.25. The number of hydrogen-bond donors (Lipinski definition) is 0. The van der Waals surface area contributed by atoms with Crippen molar-refractivity contribution in [3.63, 3.8) is 0 Å². The van der Waals surface area contributed by atoms with Crippen molar-refractivity contribution in [2.24, 2.45) is 11.8 Å². The van der Waals surface area contributed by atoms with Crippen molar-refractivity contribution in [3.8, 4) is 0 Å². The normalized spacial score (nSPS) is 20.8. The molecule has 0 radical (unpaired) electrons. The zero-order chi connectivity index (χ0) is 16.7. The summed E-state index contributed by atoms with van der Waals surface area (Å²) in [6, 6.07) is 6.53. The lowest BCUT2D eigenvalue weighted by atomic mass is 10.1. The second-order valence-electron chi connectivity index (χ2n) is 7.58. The number of carbonyl (C=O) groups is 1. The molecule has 2 aliphatic heterocycles. The highest BCUT2D eigenvalue weighted by molar-refractivity contribution is 5.89. The van der Waals surface area contributed by atoms with Crippen LogP contribution in [0.15, 0.2) is 24.4 Å². The molecule has 1 atom stereocenters. The van der Waals surface area contributed by atoms with Crippen LogP contribution in [0, 0.1) is 11.8 Å². The number of amides is 1. The number of aromatic nitrogens is 1. The molecule has 4 rings (SSSR count). The lowest BCUT2D eigenvalue weighted by Gasteiger charge is -2.24. The van der Waals surface area contributed by atoms with Crippen molar-refractivity contribution in [3.05, 3.63) is 35.5 Å². The summed E-state index contributed by atoms with van der Waals surface area (Å²) in [5.74, 6) is 0.952. The molecule has 1 amide bonds. The number of ether oxygens (including phenoxy) is 1. The van der Waals surface area contributed by atoms with E-state index >= 15 is 0 Å². The van der Waals surface area contributed by atoms with Crippen molar-refractivity contribution < 1.29 is 9.53 Å². The predicted molar refractivity (Wildman–Crippen MR) is 94.8 cm³/mol. The number of nitrogens with zero attached hydrogens (tertiary/aromatic N) is 2. The minimum Gasteiger partial charge on any atom is -0.381 e. The molecule has 3 heterocycles. The van der Waals surface area contributed by atoms with Gasteiger partial charge in [0.1, 0.15) is 0 Å². The molecule has 0 N–H and O–H groups in total. The second-order valence-corrected chi connectivity index (χ2v) is 7.58. The Bertz CT molecular complexity index is 756. The fourth-order valence-corrected chi connectivity index (χ4v) is 4.10. The van der Waals surface area contributed by atoms with Crippen LogP contribution in [0.4, 0.5) is 0 Å². The van der Waals surface area contributed by atoms with E-state index < -0.39 is 0 Å². The van der Waals surface area contributed by atoms with Crippen LogP contribution >= 0.6 is 0 Å². The van der Waals surface area contributed by atoms with E-state index in [0.29, 0.717) is 12.5 Å². The molecule has 0 spiro atoms. The molecule has 1 aromatic carbocycles. The summed E-state index contributed by atoms with van der Waals surface area (Å²) in [5, 5.41) is 1.37. The van der Waals surface area contributed by atoms with Crippen molar-refractivity contribution in [2.75, 3.05) is 19.8 Å². The summed E-state index contributed by atoms with van der Waals surface area (Å²) in [5.41, 5.74) is 3.99. The highest BCUT2D eigenvalue weighted by Gasteiger charge is 2.30. The molecule has 1 saturated heterocycles. The van der Waals surface area contributed by atoms with Crippen LogP contribution < -0.4 is 0 Å². The van der Waals surface area contributed by atoms with Crippen LogP contribution in [0.25, 0.3) is 10.9 Å². The van der Waals surface area contributed by atoms with Crippen LogP contribution in [0.5, 0.6) is 0 Å². The largest absolute Gasteiger partial charge is 0.381 e. The maximum atomic E-state index is 12.8. The zero-order valence-corrected chi connectivity index (χ0v) is 14.6. The van der Waals surface area contributed by atoms with Crippen LogP contribution in [-0.2, 0) is 29.0 Å². The quantitative estimate of drug-likeness (QED) is 0.868. The molecule has 1 unspecified atom stereocenters. The molecule has 4 heteroatoms. The smallest absolute Gasteiger partial charge is 0.228 e. The molecule has 1 aromatic heterocycles. The number of hydrogen-bond acceptors (Lipinski definition) is 2. The SMILES string of the molecule is CC(C)Cn1cc2c3c(cccc31)CN(C(=O)C1CCOC1)CC2. The first kappa shape index (κ1) is 15.7. The lowest BCUT2D eigenvalue weighted by molar-refractivity contribution is -0.136. The van der Waals surface area contributed by atoms with Crippen LogP contribution in [-0.4, -0.2) is 35.1 Å². The van der Waals surface area contributed by atoms with Crippen LogP contribution in [0.2, 0.25) is 0 Å². The molecule has 0 bridgehead atoms. The summed E-state index contributed by atoms with van der Waals surface area (Å²) >= 11 is 0. The van der Waals surface area contributed by atoms with Crippen molar-refractivity contribution >= 4 is 16.8 Å². The first-order valence-corrected chi connectivity index (χ1v) is 9.09. The predicted octanol–water partition coefficient (Wildman–Crippen LogP) is 3.22. The van der Waals surface area contributed by atoms with Gasteiger partial charge in [0.2, 0.25) is 5.91 Å². The minimum atomic E-state index is 0.0579. The van der Waals surface area contributed by atoms with E-state index in [2.05, 4.69) is 42.8 Å². The number of benzene rings is 1. The van der Waals surface area contributed by atoms with Gasteiger partial charge in [-0.1, -0.05) is 26.0 Å². The van der Waals surface area contributed by atoms with E-state index in [1.807, 2.05) is 4.90 Å². The van der Waals surface area contributed by atoms with Gasteiger partial charge in [-0.2, -0.15) is 0 Å². The maximum absolute atomic E-state index is 12.8. The highest BCUT2D eigenvalue weighted by atomic mass is 16.5. The molecular formula is C20H26N2O2. The molecule has 2 aliphatic rings. The summed E-state index contributed by atoms with van der Waals surface area (Å²) in [7, 11) is 0. The molecule has 2 aromatic rings. The fourth-order valence-electron chi connectivity index (χ4n) is 4.10. The molecule has 128 valence electrons. The van der Waals surface area contributed by atoms with E-state index in [-0.39, 0.29) is 11.8 Å². The average Bonchev–Trinajstić information content (AvgIpc) is 3.15. The molecule has 24 heavy (non-hydrogen) atoms. The first-order valence-electron chi connectivity index (χ1n) is 9.09. The van der Waals surface area contributed by atoms with Gasteiger partial charge in [0, 0.05) is 43.3 Å². The Kier molecular flexibility index (Phi) is 4.09. The third-order valence-electron chi connectivity index (χ3n) is 5.24. The lowest BCUT2D eigenvalue weighted by Crippen LogP contribution is -2.36. The summed E-state index contributed by atoms with van der Waals surface area (Å²) in [6.45, 7) is 8.40. The van der Waals surface area contributed by atoms with E-state index in [1.165, 1.54) is 22.0 Å². The van der Waals surface area contributed by atoms with Crippen molar-refractivity contribution in [1.29, 1.82) is 0 Å². The molecule has 1 fully saturated rings. The third kappa shape index (κ3) is 2.73. The van der Waals surface area contributed by atoms with Crippen LogP contribution in [0.3, 0.4) is 0 Å². The van der Waals surface area contributed by atoms with Gasteiger partial charge in [0.15, 0.2) is 0 Å². The van der Waals surface area contributed by atoms with Gasteiger partial charge < -0.3 is 14.2 Å². The number of rotatable bonds is 3. The summed E-state index contributed by atoms with van der Waals surface area (Å²) in [6.07, 6.45) is 4.12. The van der Waals surface area contributed by atoms with E-state index in [1.54, 1.807) is 0 Å². The Morgan fingerprint density at radius 3 is 2.96 bits per heavy atom. The first-order chi connectivity index (χ1) is 11.6. The van der Waals surface area contributed by atoms with E-state index in [0.717, 1.165) is 39.1 Å². The summed E-state index contributed by atoms with van der Waals surface area (Å²) in [4.78, 5) is 14.8. The minimum absolute atomic E-state index is 0.0579. The molecule has 0 aliphatic carbocycles. The summed E-state index contributed by atoms with van der Waals surface area (Å²) < 4.78 is 7.80. The number of carbonyl (C=O) groups excluding carboxylic acids is 1. The van der Waals surface area contributed by atoms with E-state index in [9.17, 15) is 4.79 Å². The highest BCUT2D eigenvalue weighted by Crippen LogP contribution is 2.31.